The molecule has 0 radical (unpaired) electrons. The summed E-state index contributed by atoms with van der Waals surface area (Å²) < 4.78 is 2.38. The zero-order valence-electron chi connectivity index (χ0n) is 28.5. The van der Waals surface area contributed by atoms with Crippen molar-refractivity contribution >= 4 is 60.4 Å². The highest BCUT2D eigenvalue weighted by atomic mass is 15.1. The summed E-state index contributed by atoms with van der Waals surface area (Å²) in [7, 11) is 0. The molecular weight excluding hydrogens is 629 g/mol. The molecule has 1 heterocycles. The summed E-state index contributed by atoms with van der Waals surface area (Å²) >= 11 is 0. The summed E-state index contributed by atoms with van der Waals surface area (Å²) in [5.74, 6) is 0. The third kappa shape index (κ3) is 5.04. The van der Waals surface area contributed by atoms with E-state index >= 15 is 0 Å². The van der Waals surface area contributed by atoms with Crippen molar-refractivity contribution in [2.45, 2.75) is 0 Å². The van der Waals surface area contributed by atoms with Crippen molar-refractivity contribution in [3.63, 3.8) is 0 Å². The van der Waals surface area contributed by atoms with E-state index in [0.717, 1.165) is 22.7 Å². The maximum atomic E-state index is 2.41. The molecule has 0 aliphatic heterocycles. The van der Waals surface area contributed by atoms with Crippen LogP contribution in [0.25, 0.3) is 71.3 Å². The third-order valence-electron chi connectivity index (χ3n) is 10.3. The van der Waals surface area contributed by atoms with Crippen LogP contribution < -0.4 is 4.90 Å². The Hall–Kier alpha value is -6.90. The highest BCUT2D eigenvalue weighted by molar-refractivity contribution is 6.15. The van der Waals surface area contributed by atoms with Gasteiger partial charge in [-0.15, -0.1) is 0 Å². The van der Waals surface area contributed by atoms with Gasteiger partial charge in [0.25, 0.3) is 0 Å². The summed E-state index contributed by atoms with van der Waals surface area (Å²) in [5.41, 5.74) is 11.7. The fourth-order valence-electron chi connectivity index (χ4n) is 7.92. The van der Waals surface area contributed by atoms with Crippen LogP contribution in [0.1, 0.15) is 0 Å². The van der Waals surface area contributed by atoms with Gasteiger partial charge >= 0.3 is 0 Å². The molecule has 2 nitrogen and oxygen atoms in total. The number of anilines is 3. The monoisotopic (exact) mass is 662 g/mol. The Balaban J connectivity index is 1.21. The lowest BCUT2D eigenvalue weighted by Crippen LogP contribution is -2.10. The van der Waals surface area contributed by atoms with Crippen LogP contribution in [0.15, 0.2) is 206 Å². The van der Waals surface area contributed by atoms with Gasteiger partial charge in [0, 0.05) is 33.5 Å². The Kier molecular flexibility index (Phi) is 7.18. The zero-order valence-corrected chi connectivity index (χ0v) is 28.5. The van der Waals surface area contributed by atoms with Gasteiger partial charge in [0.05, 0.1) is 11.0 Å². The number of nitrogens with zero attached hydrogens (tertiary/aromatic N) is 2. The molecule has 0 aliphatic carbocycles. The van der Waals surface area contributed by atoms with Gasteiger partial charge in [0.15, 0.2) is 0 Å². The van der Waals surface area contributed by atoms with Crippen molar-refractivity contribution in [3.05, 3.63) is 206 Å². The molecule has 0 saturated heterocycles. The maximum Gasteiger partial charge on any atom is 0.0542 e. The van der Waals surface area contributed by atoms with Crippen molar-refractivity contribution < 1.29 is 0 Å². The van der Waals surface area contributed by atoms with Gasteiger partial charge in [-0.2, -0.15) is 0 Å². The predicted molar refractivity (Wildman–Crippen MR) is 221 cm³/mol. The van der Waals surface area contributed by atoms with Crippen molar-refractivity contribution in [2.75, 3.05) is 4.90 Å². The standard InChI is InChI=1S/C50H34N2/c1-4-14-35(15-5-1)36-24-26-40(27-25-36)51(42-29-31-50-48(34-42)45-22-12-13-23-49(45)52(50)39-19-8-3-9-20-39)41-28-30-44-46(37-16-6-2-7-17-37)32-38-18-10-11-21-43(38)47(44)33-41/h1-34H. The molecule has 0 amide bonds. The molecule has 0 N–H and O–H groups in total. The molecule has 244 valence electrons. The van der Waals surface area contributed by atoms with Crippen LogP contribution in [-0.4, -0.2) is 4.57 Å². The fourth-order valence-corrected chi connectivity index (χ4v) is 7.92. The summed E-state index contributed by atoms with van der Waals surface area (Å²) in [6.07, 6.45) is 0. The molecular formula is C50H34N2. The minimum absolute atomic E-state index is 1.11. The number of fused-ring (bicyclic) bond motifs is 6. The first-order valence-corrected chi connectivity index (χ1v) is 17.9. The van der Waals surface area contributed by atoms with Gasteiger partial charge < -0.3 is 9.47 Å². The highest BCUT2D eigenvalue weighted by Crippen LogP contribution is 2.43. The van der Waals surface area contributed by atoms with Crippen LogP contribution in [0.3, 0.4) is 0 Å². The van der Waals surface area contributed by atoms with E-state index in [4.69, 9.17) is 0 Å². The lowest BCUT2D eigenvalue weighted by atomic mass is 9.93. The predicted octanol–water partition coefficient (Wildman–Crippen LogP) is 13.9. The number of benzene rings is 9. The quantitative estimate of drug-likeness (QED) is 0.161. The Labute approximate surface area is 303 Å². The van der Waals surface area contributed by atoms with Crippen LogP contribution in [0.5, 0.6) is 0 Å². The topological polar surface area (TPSA) is 8.17 Å². The van der Waals surface area contributed by atoms with E-state index in [1.165, 1.54) is 65.6 Å². The van der Waals surface area contributed by atoms with Crippen molar-refractivity contribution in [2.24, 2.45) is 0 Å². The van der Waals surface area contributed by atoms with Crippen LogP contribution in [-0.2, 0) is 0 Å². The van der Waals surface area contributed by atoms with Crippen molar-refractivity contribution in [1.82, 2.24) is 4.57 Å². The van der Waals surface area contributed by atoms with Crippen LogP contribution in [0.4, 0.5) is 17.1 Å². The molecule has 0 spiro atoms. The lowest BCUT2D eigenvalue weighted by Gasteiger charge is -2.27. The average Bonchev–Trinajstić information content (AvgIpc) is 3.55. The van der Waals surface area contributed by atoms with E-state index < -0.39 is 0 Å². The first kappa shape index (κ1) is 30.0. The smallest absolute Gasteiger partial charge is 0.0542 e. The van der Waals surface area contributed by atoms with Crippen molar-refractivity contribution in [3.8, 4) is 27.9 Å². The molecule has 2 heteroatoms. The maximum absolute atomic E-state index is 2.41. The first-order chi connectivity index (χ1) is 25.8. The van der Waals surface area contributed by atoms with E-state index in [1.807, 2.05) is 0 Å². The molecule has 0 bridgehead atoms. The molecule has 9 aromatic carbocycles. The van der Waals surface area contributed by atoms with Gasteiger partial charge in [-0.25, -0.2) is 0 Å². The Morgan fingerprint density at radius 3 is 1.60 bits per heavy atom. The minimum Gasteiger partial charge on any atom is -0.310 e. The number of aromatic nitrogens is 1. The second-order valence-corrected chi connectivity index (χ2v) is 13.4. The molecule has 10 rings (SSSR count). The molecule has 10 aromatic rings. The average molecular weight is 663 g/mol. The molecule has 0 fully saturated rings. The van der Waals surface area contributed by atoms with E-state index in [9.17, 15) is 0 Å². The minimum atomic E-state index is 1.11. The number of hydrogen-bond donors (Lipinski definition) is 0. The fraction of sp³-hybridized carbons (Fsp3) is 0. The van der Waals surface area contributed by atoms with Crippen molar-refractivity contribution in [1.29, 1.82) is 0 Å². The summed E-state index contributed by atoms with van der Waals surface area (Å²) in [6.45, 7) is 0. The van der Waals surface area contributed by atoms with Gasteiger partial charge in [0.2, 0.25) is 0 Å². The number of rotatable bonds is 6. The van der Waals surface area contributed by atoms with E-state index in [2.05, 4.69) is 216 Å². The molecule has 0 aliphatic rings. The van der Waals surface area contributed by atoms with Gasteiger partial charge in [0.1, 0.15) is 0 Å². The summed E-state index contributed by atoms with van der Waals surface area (Å²) in [6, 6.07) is 74.7. The van der Waals surface area contributed by atoms with E-state index in [-0.39, 0.29) is 0 Å². The van der Waals surface area contributed by atoms with Gasteiger partial charge in [-0.1, -0.05) is 140 Å². The summed E-state index contributed by atoms with van der Waals surface area (Å²) in [5, 5.41) is 7.43. The number of hydrogen-bond acceptors (Lipinski definition) is 1. The summed E-state index contributed by atoms with van der Waals surface area (Å²) in [4.78, 5) is 2.41. The highest BCUT2D eigenvalue weighted by Gasteiger charge is 2.19. The largest absolute Gasteiger partial charge is 0.310 e. The Bertz CT molecular complexity index is 2870. The van der Waals surface area contributed by atoms with E-state index in [1.54, 1.807) is 0 Å². The van der Waals surface area contributed by atoms with Crippen LogP contribution >= 0.6 is 0 Å². The van der Waals surface area contributed by atoms with Crippen LogP contribution in [0, 0.1) is 0 Å². The Morgan fingerprint density at radius 2 is 0.846 bits per heavy atom. The third-order valence-corrected chi connectivity index (χ3v) is 10.3. The van der Waals surface area contributed by atoms with E-state index in [0.29, 0.717) is 0 Å². The first-order valence-electron chi connectivity index (χ1n) is 17.9. The van der Waals surface area contributed by atoms with Gasteiger partial charge in [-0.05, 0) is 111 Å². The Morgan fingerprint density at radius 1 is 0.308 bits per heavy atom. The number of para-hydroxylation sites is 2. The van der Waals surface area contributed by atoms with Gasteiger partial charge in [-0.3, -0.25) is 0 Å². The second-order valence-electron chi connectivity index (χ2n) is 13.4. The molecule has 0 unspecified atom stereocenters. The molecule has 0 atom stereocenters. The SMILES string of the molecule is c1ccc(-c2ccc(N(c3ccc4c(-c5ccccc5)cc5ccccc5c4c3)c3ccc4c(c3)c3ccccc3n4-c3ccccc3)cc2)cc1. The zero-order chi connectivity index (χ0) is 34.4. The lowest BCUT2D eigenvalue weighted by molar-refractivity contribution is 1.18. The molecule has 1 aromatic heterocycles. The normalized spacial score (nSPS) is 11.5. The molecule has 0 saturated carbocycles. The second kappa shape index (κ2) is 12.5. The van der Waals surface area contributed by atoms with Crippen LogP contribution in [0.2, 0.25) is 0 Å². The molecule has 52 heavy (non-hydrogen) atoms.